The quantitative estimate of drug-likeness (QED) is 0.643. The molecule has 0 atom stereocenters. The second-order valence-corrected chi connectivity index (χ2v) is 8.77. The monoisotopic (exact) mass is 450 g/mol. The third-order valence-corrected chi connectivity index (χ3v) is 6.56. The molecule has 33 heavy (non-hydrogen) atoms. The second-order valence-electron chi connectivity index (χ2n) is 8.77. The van der Waals surface area contributed by atoms with Crippen LogP contribution in [0.5, 0.6) is 0 Å². The first-order chi connectivity index (χ1) is 16.1. The smallest absolute Gasteiger partial charge is 0.237 e. The minimum absolute atomic E-state index is 0.102. The van der Waals surface area contributed by atoms with Crippen LogP contribution in [0.25, 0.3) is 0 Å². The molecule has 7 heteroatoms. The normalized spacial score (nSPS) is 17.8. The Morgan fingerprint density at radius 2 is 1.27 bits per heavy atom. The Balaban J connectivity index is 1.31. The highest BCUT2D eigenvalue weighted by atomic mass is 16.5. The molecular formula is C26H34N4O3. The average Bonchev–Trinajstić information content (AvgIpc) is 2.87. The Morgan fingerprint density at radius 3 is 1.79 bits per heavy atom. The number of amides is 2. The van der Waals surface area contributed by atoms with Crippen molar-refractivity contribution in [3.8, 4) is 0 Å². The van der Waals surface area contributed by atoms with E-state index in [1.165, 1.54) is 0 Å². The topological polar surface area (TPSA) is 56.3 Å². The van der Waals surface area contributed by atoms with Crippen LogP contribution in [0, 0.1) is 0 Å². The number of carbonyl (C=O) groups excluding carboxylic acids is 2. The van der Waals surface area contributed by atoms with Gasteiger partial charge in [0.15, 0.2) is 0 Å². The molecule has 7 nitrogen and oxygen atoms in total. The van der Waals surface area contributed by atoms with Gasteiger partial charge < -0.3 is 14.5 Å². The molecule has 4 rings (SSSR count). The van der Waals surface area contributed by atoms with Gasteiger partial charge in [-0.3, -0.25) is 19.4 Å². The zero-order valence-corrected chi connectivity index (χ0v) is 19.4. The Morgan fingerprint density at radius 1 is 0.788 bits per heavy atom. The molecule has 2 aliphatic heterocycles. The second kappa shape index (κ2) is 11.4. The maximum atomic E-state index is 13.3. The SMILES string of the molecule is CN(C(=O)CN1CCN(CC(=O)N2CCOCC2)CC1)C(c1ccccc1)c1ccccc1. The minimum atomic E-state index is -0.118. The summed E-state index contributed by atoms with van der Waals surface area (Å²) < 4.78 is 5.33. The van der Waals surface area contributed by atoms with Crippen molar-refractivity contribution in [2.75, 3.05) is 72.6 Å². The van der Waals surface area contributed by atoms with Gasteiger partial charge in [0.2, 0.25) is 11.8 Å². The number of benzene rings is 2. The largest absolute Gasteiger partial charge is 0.378 e. The number of rotatable bonds is 7. The highest BCUT2D eigenvalue weighted by Gasteiger charge is 2.27. The number of carbonyl (C=O) groups is 2. The van der Waals surface area contributed by atoms with E-state index in [-0.39, 0.29) is 17.9 Å². The molecule has 2 aliphatic rings. The summed E-state index contributed by atoms with van der Waals surface area (Å²) in [6, 6.07) is 20.2. The predicted octanol–water partition coefficient (Wildman–Crippen LogP) is 1.71. The lowest BCUT2D eigenvalue weighted by Gasteiger charge is -2.37. The lowest BCUT2D eigenvalue weighted by molar-refractivity contribution is -0.138. The standard InChI is InChI=1S/C26H34N4O3/c1-27(26(22-8-4-2-5-9-22)23-10-6-3-7-11-23)24(31)20-28-12-14-29(15-13-28)21-25(32)30-16-18-33-19-17-30/h2-11,26H,12-21H2,1H3. The summed E-state index contributed by atoms with van der Waals surface area (Å²) in [6.45, 7) is 6.64. The fraction of sp³-hybridized carbons (Fsp3) is 0.462. The molecule has 2 amide bonds. The van der Waals surface area contributed by atoms with Crippen LogP contribution in [0.4, 0.5) is 0 Å². The summed E-state index contributed by atoms with van der Waals surface area (Å²) >= 11 is 0. The molecule has 2 saturated heterocycles. The molecule has 0 N–H and O–H groups in total. The van der Waals surface area contributed by atoms with Gasteiger partial charge >= 0.3 is 0 Å². The van der Waals surface area contributed by atoms with E-state index in [1.807, 2.05) is 53.2 Å². The zero-order valence-electron chi connectivity index (χ0n) is 19.4. The van der Waals surface area contributed by atoms with Crippen molar-refractivity contribution in [2.24, 2.45) is 0 Å². The van der Waals surface area contributed by atoms with Crippen LogP contribution in [0.2, 0.25) is 0 Å². The van der Waals surface area contributed by atoms with Crippen molar-refractivity contribution in [1.29, 1.82) is 0 Å². The maximum absolute atomic E-state index is 13.3. The van der Waals surface area contributed by atoms with E-state index in [1.54, 1.807) is 0 Å². The van der Waals surface area contributed by atoms with E-state index in [0.29, 0.717) is 39.4 Å². The fourth-order valence-electron chi connectivity index (χ4n) is 4.57. The van der Waals surface area contributed by atoms with E-state index in [0.717, 1.165) is 37.3 Å². The Hall–Kier alpha value is -2.74. The first-order valence-corrected chi connectivity index (χ1v) is 11.8. The maximum Gasteiger partial charge on any atom is 0.237 e. The van der Waals surface area contributed by atoms with Gasteiger partial charge in [-0.25, -0.2) is 0 Å². The number of morpholine rings is 1. The first kappa shape index (κ1) is 23.4. The zero-order chi connectivity index (χ0) is 23.0. The van der Waals surface area contributed by atoms with Crippen LogP contribution in [0.3, 0.4) is 0 Å². The molecule has 2 aromatic rings. The molecule has 0 saturated carbocycles. The molecule has 0 unspecified atom stereocenters. The van der Waals surface area contributed by atoms with Gasteiger partial charge in [-0.2, -0.15) is 0 Å². The predicted molar refractivity (Wildman–Crippen MR) is 128 cm³/mol. The van der Waals surface area contributed by atoms with E-state index in [4.69, 9.17) is 4.74 Å². The minimum Gasteiger partial charge on any atom is -0.378 e. The van der Waals surface area contributed by atoms with Gasteiger partial charge in [-0.15, -0.1) is 0 Å². The molecule has 0 radical (unpaired) electrons. The van der Waals surface area contributed by atoms with Crippen LogP contribution in [-0.2, 0) is 14.3 Å². The van der Waals surface area contributed by atoms with Crippen molar-refractivity contribution in [3.63, 3.8) is 0 Å². The third-order valence-electron chi connectivity index (χ3n) is 6.56. The summed E-state index contributed by atoms with van der Waals surface area (Å²) in [4.78, 5) is 33.9. The highest BCUT2D eigenvalue weighted by Crippen LogP contribution is 2.27. The van der Waals surface area contributed by atoms with Crippen molar-refractivity contribution in [1.82, 2.24) is 19.6 Å². The van der Waals surface area contributed by atoms with E-state index >= 15 is 0 Å². The van der Waals surface area contributed by atoms with Crippen molar-refractivity contribution >= 4 is 11.8 Å². The number of hydrogen-bond acceptors (Lipinski definition) is 5. The molecule has 2 aromatic carbocycles. The van der Waals surface area contributed by atoms with Gasteiger partial charge in [0.1, 0.15) is 0 Å². The first-order valence-electron chi connectivity index (χ1n) is 11.8. The van der Waals surface area contributed by atoms with Crippen molar-refractivity contribution < 1.29 is 14.3 Å². The van der Waals surface area contributed by atoms with Crippen LogP contribution < -0.4 is 0 Å². The number of likely N-dealkylation sites (N-methyl/N-ethyl adjacent to an activating group) is 1. The van der Waals surface area contributed by atoms with Crippen LogP contribution in [-0.4, -0.2) is 104 Å². The summed E-state index contributed by atoms with van der Waals surface area (Å²) in [5, 5.41) is 0. The molecule has 0 aliphatic carbocycles. The van der Waals surface area contributed by atoms with E-state index in [9.17, 15) is 9.59 Å². The number of ether oxygens (including phenoxy) is 1. The highest BCUT2D eigenvalue weighted by molar-refractivity contribution is 5.79. The average molecular weight is 451 g/mol. The number of nitrogens with zero attached hydrogens (tertiary/aromatic N) is 4. The van der Waals surface area contributed by atoms with Gasteiger partial charge in [0.25, 0.3) is 0 Å². The Bertz CT molecular complexity index is 855. The molecular weight excluding hydrogens is 416 g/mol. The molecule has 0 bridgehead atoms. The fourth-order valence-corrected chi connectivity index (χ4v) is 4.57. The summed E-state index contributed by atoms with van der Waals surface area (Å²) in [7, 11) is 1.89. The van der Waals surface area contributed by atoms with Crippen LogP contribution in [0.15, 0.2) is 60.7 Å². The van der Waals surface area contributed by atoms with Crippen molar-refractivity contribution in [3.05, 3.63) is 71.8 Å². The Labute approximate surface area is 196 Å². The summed E-state index contributed by atoms with van der Waals surface area (Å²) in [6.07, 6.45) is 0. The number of piperazine rings is 1. The molecule has 2 heterocycles. The lowest BCUT2D eigenvalue weighted by Crippen LogP contribution is -2.53. The summed E-state index contributed by atoms with van der Waals surface area (Å²) in [5.74, 6) is 0.279. The van der Waals surface area contributed by atoms with Gasteiger partial charge in [0.05, 0.1) is 32.3 Å². The van der Waals surface area contributed by atoms with Gasteiger partial charge in [-0.1, -0.05) is 60.7 Å². The molecule has 0 spiro atoms. The number of hydrogen-bond donors (Lipinski definition) is 0. The van der Waals surface area contributed by atoms with Crippen molar-refractivity contribution in [2.45, 2.75) is 6.04 Å². The van der Waals surface area contributed by atoms with Gasteiger partial charge in [-0.05, 0) is 11.1 Å². The molecule has 176 valence electrons. The van der Waals surface area contributed by atoms with E-state index in [2.05, 4.69) is 34.1 Å². The lowest BCUT2D eigenvalue weighted by atomic mass is 9.97. The molecule has 2 fully saturated rings. The van der Waals surface area contributed by atoms with E-state index < -0.39 is 0 Å². The summed E-state index contributed by atoms with van der Waals surface area (Å²) in [5.41, 5.74) is 2.21. The molecule has 0 aromatic heterocycles. The Kier molecular flexibility index (Phi) is 8.10. The van der Waals surface area contributed by atoms with Crippen LogP contribution in [0.1, 0.15) is 17.2 Å². The van der Waals surface area contributed by atoms with Gasteiger partial charge in [0, 0.05) is 46.3 Å². The van der Waals surface area contributed by atoms with Crippen LogP contribution >= 0.6 is 0 Å². The third kappa shape index (κ3) is 6.19.